The lowest BCUT2D eigenvalue weighted by molar-refractivity contribution is -0.400. The van der Waals surface area contributed by atoms with E-state index in [4.69, 9.17) is 9.47 Å². The first kappa shape index (κ1) is 13.5. The van der Waals surface area contributed by atoms with Crippen LogP contribution in [0.4, 0.5) is 0 Å². The number of hydrogen-bond acceptors (Lipinski definition) is 4. The third-order valence-electron chi connectivity index (χ3n) is 1.96. The van der Waals surface area contributed by atoms with Gasteiger partial charge < -0.3 is 9.47 Å². The van der Waals surface area contributed by atoms with Crippen LogP contribution >= 0.6 is 15.9 Å². The van der Waals surface area contributed by atoms with Crippen LogP contribution in [0.15, 0.2) is 22.8 Å². The van der Waals surface area contributed by atoms with Gasteiger partial charge in [-0.25, -0.2) is 0 Å². The second kappa shape index (κ2) is 6.24. The summed E-state index contributed by atoms with van der Waals surface area (Å²) in [5.74, 6) is 1.14. The zero-order chi connectivity index (χ0) is 12.8. The molecule has 0 aliphatic carbocycles. The van der Waals surface area contributed by atoms with E-state index in [0.29, 0.717) is 28.1 Å². The van der Waals surface area contributed by atoms with Crippen molar-refractivity contribution >= 4 is 22.0 Å². The molecule has 0 unspecified atom stereocenters. The highest BCUT2D eigenvalue weighted by Crippen LogP contribution is 2.34. The zero-order valence-electron chi connectivity index (χ0n) is 9.47. The van der Waals surface area contributed by atoms with Gasteiger partial charge in [0.1, 0.15) is 0 Å². The van der Waals surface area contributed by atoms with Crippen LogP contribution < -0.4 is 9.47 Å². The Bertz CT molecular complexity index is 445. The summed E-state index contributed by atoms with van der Waals surface area (Å²) in [7, 11) is 1.52. The van der Waals surface area contributed by atoms with Crippen molar-refractivity contribution < 1.29 is 14.4 Å². The number of nitrogens with zero attached hydrogens (tertiary/aromatic N) is 1. The van der Waals surface area contributed by atoms with E-state index in [2.05, 4.69) is 15.9 Å². The van der Waals surface area contributed by atoms with Gasteiger partial charge >= 0.3 is 0 Å². The highest BCUT2D eigenvalue weighted by atomic mass is 79.9. The second-order valence-electron chi connectivity index (χ2n) is 3.06. The van der Waals surface area contributed by atoms with Gasteiger partial charge in [-0.3, -0.25) is 10.1 Å². The lowest BCUT2D eigenvalue weighted by Crippen LogP contribution is -1.96. The Morgan fingerprint density at radius 3 is 2.71 bits per heavy atom. The number of benzene rings is 1. The van der Waals surface area contributed by atoms with Crippen LogP contribution in [0.25, 0.3) is 6.08 Å². The quantitative estimate of drug-likeness (QED) is 0.619. The number of halogens is 1. The van der Waals surface area contributed by atoms with Crippen molar-refractivity contribution in [1.29, 1.82) is 0 Å². The predicted molar refractivity (Wildman–Crippen MR) is 67.9 cm³/mol. The van der Waals surface area contributed by atoms with Crippen molar-refractivity contribution in [3.63, 3.8) is 0 Å². The standard InChI is InChI=1S/C11H12BrNO4/c1-3-17-11-7-9(12)8(4-5-13(14)15)6-10(11)16-2/h4-7H,3H2,1-2H3/b5-4+. The molecule has 0 aliphatic heterocycles. The minimum absolute atomic E-state index is 0.518. The fourth-order valence-electron chi connectivity index (χ4n) is 1.25. The molecule has 0 aromatic heterocycles. The van der Waals surface area contributed by atoms with Gasteiger partial charge in [0.2, 0.25) is 6.20 Å². The highest BCUT2D eigenvalue weighted by molar-refractivity contribution is 9.10. The number of methoxy groups -OCH3 is 1. The minimum atomic E-state index is -0.518. The molecular weight excluding hydrogens is 290 g/mol. The van der Waals surface area contributed by atoms with Crippen molar-refractivity contribution in [1.82, 2.24) is 0 Å². The maximum absolute atomic E-state index is 10.3. The molecule has 1 rings (SSSR count). The van der Waals surface area contributed by atoms with Crippen molar-refractivity contribution in [3.05, 3.63) is 38.5 Å². The first-order chi connectivity index (χ1) is 8.08. The Kier molecular flexibility index (Phi) is 4.96. The number of hydrogen-bond donors (Lipinski definition) is 0. The number of ether oxygens (including phenoxy) is 2. The third-order valence-corrected chi connectivity index (χ3v) is 2.65. The molecule has 0 heterocycles. The second-order valence-corrected chi connectivity index (χ2v) is 3.91. The first-order valence-corrected chi connectivity index (χ1v) is 5.69. The van der Waals surface area contributed by atoms with E-state index in [1.54, 1.807) is 12.1 Å². The Hall–Kier alpha value is -1.56. The van der Waals surface area contributed by atoms with Gasteiger partial charge in [0.25, 0.3) is 0 Å². The molecular formula is C11H12BrNO4. The van der Waals surface area contributed by atoms with E-state index in [1.165, 1.54) is 13.2 Å². The fraction of sp³-hybridized carbons (Fsp3) is 0.273. The van der Waals surface area contributed by atoms with Gasteiger partial charge in [0.05, 0.1) is 18.6 Å². The molecule has 0 aliphatic rings. The summed E-state index contributed by atoms with van der Waals surface area (Å²) < 4.78 is 11.2. The van der Waals surface area contributed by atoms with E-state index in [-0.39, 0.29) is 0 Å². The topological polar surface area (TPSA) is 61.6 Å². The molecule has 17 heavy (non-hydrogen) atoms. The molecule has 6 heteroatoms. The van der Waals surface area contributed by atoms with Crippen LogP contribution in [-0.4, -0.2) is 18.6 Å². The van der Waals surface area contributed by atoms with Crippen LogP contribution in [0.1, 0.15) is 12.5 Å². The zero-order valence-corrected chi connectivity index (χ0v) is 11.1. The molecule has 1 aromatic carbocycles. The van der Waals surface area contributed by atoms with E-state index in [9.17, 15) is 10.1 Å². The van der Waals surface area contributed by atoms with Crippen LogP contribution in [0.5, 0.6) is 11.5 Å². The summed E-state index contributed by atoms with van der Waals surface area (Å²) in [5.41, 5.74) is 0.655. The Morgan fingerprint density at radius 2 is 2.18 bits per heavy atom. The van der Waals surface area contributed by atoms with Crippen LogP contribution in [0.2, 0.25) is 0 Å². The summed E-state index contributed by atoms with van der Waals surface area (Å²) in [6.07, 6.45) is 2.27. The number of nitro groups is 1. The molecule has 0 atom stereocenters. The van der Waals surface area contributed by atoms with Crippen LogP contribution in [0, 0.1) is 10.1 Å². The summed E-state index contributed by atoms with van der Waals surface area (Å²) in [6.45, 7) is 2.39. The molecule has 0 saturated carbocycles. The molecule has 1 aromatic rings. The molecule has 0 bridgehead atoms. The van der Waals surface area contributed by atoms with Crippen molar-refractivity contribution in [2.75, 3.05) is 13.7 Å². The average molecular weight is 302 g/mol. The molecule has 0 spiro atoms. The van der Waals surface area contributed by atoms with E-state index in [1.807, 2.05) is 6.92 Å². The summed E-state index contributed by atoms with van der Waals surface area (Å²) in [6, 6.07) is 3.40. The van der Waals surface area contributed by atoms with E-state index >= 15 is 0 Å². The SMILES string of the molecule is CCOc1cc(Br)c(/C=C/[N+](=O)[O-])cc1OC. The molecule has 0 saturated heterocycles. The smallest absolute Gasteiger partial charge is 0.235 e. The summed E-state index contributed by atoms with van der Waals surface area (Å²) >= 11 is 3.32. The van der Waals surface area contributed by atoms with Crippen LogP contribution in [0.3, 0.4) is 0 Å². The summed E-state index contributed by atoms with van der Waals surface area (Å²) in [5, 5.41) is 10.3. The van der Waals surface area contributed by atoms with E-state index < -0.39 is 4.92 Å². The minimum Gasteiger partial charge on any atom is -0.493 e. The van der Waals surface area contributed by atoms with Gasteiger partial charge in [-0.2, -0.15) is 0 Å². The lowest BCUT2D eigenvalue weighted by Gasteiger charge is -2.11. The van der Waals surface area contributed by atoms with E-state index in [0.717, 1.165) is 6.20 Å². The third kappa shape index (κ3) is 3.74. The molecule has 0 radical (unpaired) electrons. The molecule has 0 amide bonds. The Labute approximate surface area is 107 Å². The van der Waals surface area contributed by atoms with Crippen molar-refractivity contribution in [2.24, 2.45) is 0 Å². The van der Waals surface area contributed by atoms with Crippen molar-refractivity contribution in [2.45, 2.75) is 6.92 Å². The maximum atomic E-state index is 10.3. The van der Waals surface area contributed by atoms with Crippen LogP contribution in [-0.2, 0) is 0 Å². The van der Waals surface area contributed by atoms with Gasteiger partial charge in [-0.05, 0) is 24.6 Å². The fourth-order valence-corrected chi connectivity index (χ4v) is 1.70. The highest BCUT2D eigenvalue weighted by Gasteiger charge is 2.08. The normalized spacial score (nSPS) is 10.5. The molecule has 5 nitrogen and oxygen atoms in total. The maximum Gasteiger partial charge on any atom is 0.235 e. The summed E-state index contributed by atoms with van der Waals surface area (Å²) in [4.78, 5) is 9.74. The Morgan fingerprint density at radius 1 is 1.47 bits per heavy atom. The Balaban J connectivity index is 3.12. The van der Waals surface area contributed by atoms with Gasteiger partial charge in [-0.15, -0.1) is 0 Å². The number of rotatable bonds is 5. The van der Waals surface area contributed by atoms with Gasteiger partial charge in [-0.1, -0.05) is 15.9 Å². The molecule has 0 N–H and O–H groups in total. The molecule has 0 fully saturated rings. The van der Waals surface area contributed by atoms with Gasteiger partial charge in [0, 0.05) is 10.5 Å². The first-order valence-electron chi connectivity index (χ1n) is 4.90. The molecule has 92 valence electrons. The monoisotopic (exact) mass is 301 g/mol. The lowest BCUT2D eigenvalue weighted by atomic mass is 10.2. The van der Waals surface area contributed by atoms with Crippen molar-refractivity contribution in [3.8, 4) is 11.5 Å². The average Bonchev–Trinajstić information content (AvgIpc) is 2.28. The largest absolute Gasteiger partial charge is 0.493 e. The predicted octanol–water partition coefficient (Wildman–Crippen LogP) is 3.10. The van der Waals surface area contributed by atoms with Gasteiger partial charge in [0.15, 0.2) is 11.5 Å².